The SMILES string of the molecule is C[C@@H]1C=CN2C=CC=C3C=CC=C1[C@@H]32. The van der Waals surface area contributed by atoms with Gasteiger partial charge < -0.3 is 4.90 Å². The van der Waals surface area contributed by atoms with Crippen LogP contribution in [0.15, 0.2) is 60.0 Å². The van der Waals surface area contributed by atoms with E-state index < -0.39 is 0 Å². The number of hydrogen-bond donors (Lipinski definition) is 0. The fraction of sp³-hybridized carbons (Fsp3) is 0.231. The lowest BCUT2D eigenvalue weighted by atomic mass is 9.82. The summed E-state index contributed by atoms with van der Waals surface area (Å²) in [4.78, 5) is 2.28. The van der Waals surface area contributed by atoms with Crippen molar-refractivity contribution in [2.24, 2.45) is 5.92 Å². The first-order valence-electron chi connectivity index (χ1n) is 5.08. The lowest BCUT2D eigenvalue weighted by molar-refractivity contribution is 0.409. The third-order valence-corrected chi connectivity index (χ3v) is 3.13. The number of nitrogens with zero attached hydrogens (tertiary/aromatic N) is 1. The van der Waals surface area contributed by atoms with Gasteiger partial charge in [0, 0.05) is 12.4 Å². The van der Waals surface area contributed by atoms with Crippen LogP contribution < -0.4 is 0 Å². The summed E-state index contributed by atoms with van der Waals surface area (Å²) in [6.45, 7) is 2.26. The molecule has 0 N–H and O–H groups in total. The van der Waals surface area contributed by atoms with Gasteiger partial charge in [-0.3, -0.25) is 0 Å². The molecule has 0 bridgehead atoms. The van der Waals surface area contributed by atoms with E-state index in [9.17, 15) is 0 Å². The molecule has 0 aromatic heterocycles. The van der Waals surface area contributed by atoms with Gasteiger partial charge in [-0.2, -0.15) is 0 Å². The first-order valence-corrected chi connectivity index (χ1v) is 5.08. The van der Waals surface area contributed by atoms with Gasteiger partial charge in [0.05, 0.1) is 6.04 Å². The van der Waals surface area contributed by atoms with Crippen LogP contribution in [-0.2, 0) is 0 Å². The molecule has 1 nitrogen and oxygen atoms in total. The zero-order valence-electron chi connectivity index (χ0n) is 8.22. The van der Waals surface area contributed by atoms with Gasteiger partial charge in [-0.15, -0.1) is 0 Å². The topological polar surface area (TPSA) is 3.24 Å². The van der Waals surface area contributed by atoms with E-state index in [0.29, 0.717) is 12.0 Å². The van der Waals surface area contributed by atoms with Crippen molar-refractivity contribution in [1.82, 2.24) is 4.90 Å². The first kappa shape index (κ1) is 7.86. The second-order valence-electron chi connectivity index (χ2n) is 4.01. The maximum Gasteiger partial charge on any atom is 0.0801 e. The molecule has 0 amide bonds. The molecule has 0 aromatic carbocycles. The highest BCUT2D eigenvalue weighted by molar-refractivity contribution is 5.48. The summed E-state index contributed by atoms with van der Waals surface area (Å²) in [5.41, 5.74) is 2.91. The second kappa shape index (κ2) is 2.74. The van der Waals surface area contributed by atoms with Crippen molar-refractivity contribution in [3.63, 3.8) is 0 Å². The molecule has 2 heterocycles. The first-order chi connectivity index (χ1) is 6.86. The molecule has 3 aliphatic rings. The summed E-state index contributed by atoms with van der Waals surface area (Å²) in [5.74, 6) is 0.566. The van der Waals surface area contributed by atoms with Crippen molar-refractivity contribution < 1.29 is 0 Å². The zero-order chi connectivity index (χ0) is 9.54. The lowest BCUT2D eigenvalue weighted by Gasteiger charge is -2.39. The molecular weight excluding hydrogens is 170 g/mol. The molecule has 1 heteroatoms. The highest BCUT2D eigenvalue weighted by Crippen LogP contribution is 2.35. The lowest BCUT2D eigenvalue weighted by Crippen LogP contribution is -2.37. The van der Waals surface area contributed by atoms with E-state index >= 15 is 0 Å². The maximum atomic E-state index is 2.28. The van der Waals surface area contributed by atoms with Gasteiger partial charge in [0.25, 0.3) is 0 Å². The molecule has 2 aliphatic heterocycles. The van der Waals surface area contributed by atoms with Gasteiger partial charge in [0.1, 0.15) is 0 Å². The summed E-state index contributed by atoms with van der Waals surface area (Å²) in [6, 6.07) is 0.463. The third-order valence-electron chi connectivity index (χ3n) is 3.13. The van der Waals surface area contributed by atoms with E-state index in [1.54, 1.807) is 0 Å². The van der Waals surface area contributed by atoms with Crippen LogP contribution in [0.25, 0.3) is 0 Å². The second-order valence-corrected chi connectivity index (χ2v) is 4.01. The van der Waals surface area contributed by atoms with Crippen LogP contribution in [0, 0.1) is 5.92 Å². The Bertz CT molecular complexity index is 407. The molecule has 0 fully saturated rings. The largest absolute Gasteiger partial charge is 0.343 e. The molecule has 1 aliphatic carbocycles. The molecule has 3 rings (SSSR count). The standard InChI is InChI=1S/C13H13N/c1-10-7-9-14-8-3-5-11-4-2-6-12(10)13(11)14/h2-10,13H,1H3/t10-,13-/m1/s1. The normalized spacial score (nSPS) is 32.5. The minimum Gasteiger partial charge on any atom is -0.343 e. The quantitative estimate of drug-likeness (QED) is 0.558. The molecule has 0 spiro atoms. The number of rotatable bonds is 0. The van der Waals surface area contributed by atoms with Gasteiger partial charge in [0.15, 0.2) is 0 Å². The third kappa shape index (κ3) is 0.955. The summed E-state index contributed by atoms with van der Waals surface area (Å²) < 4.78 is 0. The monoisotopic (exact) mass is 183 g/mol. The molecule has 14 heavy (non-hydrogen) atoms. The van der Waals surface area contributed by atoms with Crippen LogP contribution in [0.3, 0.4) is 0 Å². The van der Waals surface area contributed by atoms with Gasteiger partial charge >= 0.3 is 0 Å². The maximum absolute atomic E-state index is 2.28. The van der Waals surface area contributed by atoms with Crippen LogP contribution in [-0.4, -0.2) is 10.9 Å². The molecule has 0 radical (unpaired) electrons. The van der Waals surface area contributed by atoms with E-state index in [4.69, 9.17) is 0 Å². The Morgan fingerprint density at radius 3 is 3.00 bits per heavy atom. The minimum atomic E-state index is 0.463. The fourth-order valence-electron chi connectivity index (χ4n) is 2.35. The van der Waals surface area contributed by atoms with Gasteiger partial charge in [-0.05, 0) is 23.1 Å². The van der Waals surface area contributed by atoms with E-state index in [0.717, 1.165) is 0 Å². The number of hydrogen-bond acceptors (Lipinski definition) is 1. The van der Waals surface area contributed by atoms with Crippen molar-refractivity contribution >= 4 is 0 Å². The summed E-state index contributed by atoms with van der Waals surface area (Å²) >= 11 is 0. The average molecular weight is 183 g/mol. The Labute approximate surface area is 84.4 Å². The Hall–Kier alpha value is -1.50. The molecule has 0 saturated carbocycles. The van der Waals surface area contributed by atoms with Crippen LogP contribution in [0.5, 0.6) is 0 Å². The van der Waals surface area contributed by atoms with E-state index in [1.165, 1.54) is 11.1 Å². The smallest absolute Gasteiger partial charge is 0.0801 e. The van der Waals surface area contributed by atoms with Crippen molar-refractivity contribution in [2.45, 2.75) is 13.0 Å². The highest BCUT2D eigenvalue weighted by atomic mass is 15.1. The van der Waals surface area contributed by atoms with Crippen LogP contribution in [0.2, 0.25) is 0 Å². The summed E-state index contributed by atoms with van der Waals surface area (Å²) in [7, 11) is 0. The average Bonchev–Trinajstić information content (AvgIpc) is 2.24. The van der Waals surface area contributed by atoms with Gasteiger partial charge in [-0.1, -0.05) is 37.3 Å². The molecular formula is C13H13N. The van der Waals surface area contributed by atoms with E-state index in [2.05, 4.69) is 60.7 Å². The Kier molecular flexibility index (Phi) is 1.54. The molecule has 0 saturated heterocycles. The van der Waals surface area contributed by atoms with E-state index in [1.807, 2.05) is 0 Å². The van der Waals surface area contributed by atoms with Crippen LogP contribution in [0.4, 0.5) is 0 Å². The molecule has 0 unspecified atom stereocenters. The molecule has 0 aromatic rings. The predicted octanol–water partition coefficient (Wildman–Crippen LogP) is 2.77. The highest BCUT2D eigenvalue weighted by Gasteiger charge is 2.30. The minimum absolute atomic E-state index is 0.463. The van der Waals surface area contributed by atoms with Crippen molar-refractivity contribution in [2.75, 3.05) is 0 Å². The van der Waals surface area contributed by atoms with Crippen molar-refractivity contribution in [3.8, 4) is 0 Å². The predicted molar refractivity (Wildman–Crippen MR) is 58.4 cm³/mol. The van der Waals surface area contributed by atoms with Gasteiger partial charge in [-0.25, -0.2) is 0 Å². The van der Waals surface area contributed by atoms with Crippen LogP contribution >= 0.6 is 0 Å². The fourth-order valence-corrected chi connectivity index (χ4v) is 2.35. The Balaban J connectivity index is 2.16. The van der Waals surface area contributed by atoms with Crippen molar-refractivity contribution in [1.29, 1.82) is 0 Å². The van der Waals surface area contributed by atoms with E-state index in [-0.39, 0.29) is 0 Å². The Morgan fingerprint density at radius 2 is 2.07 bits per heavy atom. The molecule has 2 atom stereocenters. The zero-order valence-corrected chi connectivity index (χ0v) is 8.22. The summed E-state index contributed by atoms with van der Waals surface area (Å²) in [6.07, 6.45) is 17.5. The van der Waals surface area contributed by atoms with Crippen LogP contribution in [0.1, 0.15) is 6.92 Å². The van der Waals surface area contributed by atoms with Crippen molar-refractivity contribution in [3.05, 3.63) is 60.0 Å². The molecule has 70 valence electrons. The Morgan fingerprint density at radius 1 is 1.14 bits per heavy atom. The summed E-state index contributed by atoms with van der Waals surface area (Å²) in [5, 5.41) is 0. The van der Waals surface area contributed by atoms with Gasteiger partial charge in [0.2, 0.25) is 0 Å². The number of allylic oxidation sites excluding steroid dienone is 5.